The van der Waals surface area contributed by atoms with Crippen LogP contribution in [0.5, 0.6) is 0 Å². The van der Waals surface area contributed by atoms with E-state index >= 15 is 0 Å². The second-order valence-corrected chi connectivity index (χ2v) is 5.55. The second kappa shape index (κ2) is 4.33. The molecular formula is C9H18O3S. The van der Waals surface area contributed by atoms with Crippen molar-refractivity contribution in [2.75, 3.05) is 5.75 Å². The van der Waals surface area contributed by atoms with Gasteiger partial charge in [-0.05, 0) is 27.2 Å². The molecule has 0 spiro atoms. The second-order valence-electron chi connectivity index (χ2n) is 3.95. The molecule has 4 heteroatoms. The van der Waals surface area contributed by atoms with Crippen molar-refractivity contribution in [2.24, 2.45) is 0 Å². The summed E-state index contributed by atoms with van der Waals surface area (Å²) in [7, 11) is 0. The molecule has 1 unspecified atom stereocenters. The number of thioether (sulfide) groups is 1. The van der Waals surface area contributed by atoms with Crippen molar-refractivity contribution in [1.29, 1.82) is 0 Å². The maximum atomic E-state index is 10.7. The zero-order valence-corrected chi connectivity index (χ0v) is 9.44. The summed E-state index contributed by atoms with van der Waals surface area (Å²) in [6.07, 6.45) is 0.635. The van der Waals surface area contributed by atoms with E-state index in [4.69, 9.17) is 5.11 Å². The third-order valence-electron chi connectivity index (χ3n) is 2.02. The standard InChI is InChI=1S/C9H18O3S/c1-5-9(4,12)6-13-8(2,3)7(10)11/h12H,5-6H2,1-4H3,(H,10,11). The third kappa shape index (κ3) is 4.52. The number of hydrogen-bond donors (Lipinski definition) is 2. The number of carbonyl (C=O) groups is 1. The Morgan fingerprint density at radius 3 is 2.15 bits per heavy atom. The van der Waals surface area contributed by atoms with Crippen LogP contribution in [0, 0.1) is 0 Å². The summed E-state index contributed by atoms with van der Waals surface area (Å²) in [5.41, 5.74) is -0.766. The molecule has 0 aromatic rings. The van der Waals surface area contributed by atoms with E-state index in [9.17, 15) is 9.90 Å². The Morgan fingerprint density at radius 1 is 1.38 bits per heavy atom. The van der Waals surface area contributed by atoms with Crippen LogP contribution in [0.1, 0.15) is 34.1 Å². The maximum Gasteiger partial charge on any atom is 0.319 e. The molecule has 1 atom stereocenters. The van der Waals surface area contributed by atoms with Gasteiger partial charge in [-0.25, -0.2) is 0 Å². The van der Waals surface area contributed by atoms with E-state index in [1.807, 2.05) is 6.92 Å². The zero-order chi connectivity index (χ0) is 10.7. The highest BCUT2D eigenvalue weighted by Crippen LogP contribution is 2.28. The van der Waals surface area contributed by atoms with Gasteiger partial charge in [0.15, 0.2) is 0 Å². The summed E-state index contributed by atoms with van der Waals surface area (Å²) in [6.45, 7) is 6.89. The van der Waals surface area contributed by atoms with Crippen LogP contribution >= 0.6 is 11.8 Å². The fourth-order valence-corrected chi connectivity index (χ4v) is 1.50. The molecular weight excluding hydrogens is 188 g/mol. The predicted octanol–water partition coefficient (Wildman–Crippen LogP) is 1.74. The summed E-state index contributed by atoms with van der Waals surface area (Å²) in [6, 6.07) is 0. The molecule has 0 saturated heterocycles. The van der Waals surface area contributed by atoms with Crippen molar-refractivity contribution in [3.8, 4) is 0 Å². The van der Waals surface area contributed by atoms with Gasteiger partial charge in [0.1, 0.15) is 4.75 Å². The lowest BCUT2D eigenvalue weighted by Crippen LogP contribution is -2.33. The van der Waals surface area contributed by atoms with Gasteiger partial charge in [-0.2, -0.15) is 0 Å². The normalized spacial score (nSPS) is 16.7. The number of hydrogen-bond acceptors (Lipinski definition) is 3. The fraction of sp³-hybridized carbons (Fsp3) is 0.889. The molecule has 3 nitrogen and oxygen atoms in total. The number of aliphatic hydroxyl groups is 1. The smallest absolute Gasteiger partial charge is 0.319 e. The molecule has 13 heavy (non-hydrogen) atoms. The molecule has 78 valence electrons. The van der Waals surface area contributed by atoms with Crippen LogP contribution in [0.25, 0.3) is 0 Å². The Hall–Kier alpha value is -0.220. The van der Waals surface area contributed by atoms with Gasteiger partial charge in [-0.1, -0.05) is 6.92 Å². The first-order chi connectivity index (χ1) is 5.71. The van der Waals surface area contributed by atoms with Crippen molar-refractivity contribution >= 4 is 17.7 Å². The largest absolute Gasteiger partial charge is 0.480 e. The van der Waals surface area contributed by atoms with Gasteiger partial charge in [-0.3, -0.25) is 4.79 Å². The lowest BCUT2D eigenvalue weighted by molar-refractivity contribution is -0.138. The highest BCUT2D eigenvalue weighted by Gasteiger charge is 2.30. The molecule has 0 fully saturated rings. The van der Waals surface area contributed by atoms with Crippen LogP contribution in [0.2, 0.25) is 0 Å². The number of aliphatic carboxylic acids is 1. The van der Waals surface area contributed by atoms with Gasteiger partial charge in [-0.15, -0.1) is 11.8 Å². The molecule has 0 aromatic carbocycles. The number of carboxylic acids is 1. The minimum absolute atomic E-state index is 0.447. The van der Waals surface area contributed by atoms with E-state index in [0.717, 1.165) is 0 Å². The van der Waals surface area contributed by atoms with Gasteiger partial charge >= 0.3 is 5.97 Å². The molecule has 0 saturated carbocycles. The van der Waals surface area contributed by atoms with Crippen LogP contribution in [0.4, 0.5) is 0 Å². The van der Waals surface area contributed by atoms with Crippen LogP contribution in [-0.4, -0.2) is 32.3 Å². The minimum Gasteiger partial charge on any atom is -0.480 e. The minimum atomic E-state index is -0.843. The number of carboxylic acid groups (broad SMARTS) is 1. The van der Waals surface area contributed by atoms with Gasteiger partial charge in [0, 0.05) is 5.75 Å². The maximum absolute atomic E-state index is 10.7. The van der Waals surface area contributed by atoms with Crippen molar-refractivity contribution in [2.45, 2.75) is 44.5 Å². The average Bonchev–Trinajstić information content (AvgIpc) is 2.01. The first kappa shape index (κ1) is 12.8. The number of rotatable bonds is 5. The quantitative estimate of drug-likeness (QED) is 0.719. The van der Waals surface area contributed by atoms with Crippen molar-refractivity contribution in [3.63, 3.8) is 0 Å². The Kier molecular flexibility index (Phi) is 4.26. The molecule has 0 bridgehead atoms. The lowest BCUT2D eigenvalue weighted by atomic mass is 10.1. The predicted molar refractivity (Wildman–Crippen MR) is 55.1 cm³/mol. The van der Waals surface area contributed by atoms with Gasteiger partial charge in [0.25, 0.3) is 0 Å². The Balaban J connectivity index is 4.09. The topological polar surface area (TPSA) is 57.5 Å². The fourth-order valence-electron chi connectivity index (χ4n) is 0.500. The monoisotopic (exact) mass is 206 g/mol. The Morgan fingerprint density at radius 2 is 1.85 bits per heavy atom. The Bertz CT molecular complexity index is 187. The molecule has 0 aliphatic carbocycles. The summed E-state index contributed by atoms with van der Waals surface area (Å²) in [4.78, 5) is 10.7. The highest BCUT2D eigenvalue weighted by atomic mass is 32.2. The summed E-state index contributed by atoms with van der Waals surface area (Å²) in [5.74, 6) is -0.396. The third-order valence-corrected chi connectivity index (χ3v) is 3.68. The van der Waals surface area contributed by atoms with E-state index in [0.29, 0.717) is 12.2 Å². The van der Waals surface area contributed by atoms with Gasteiger partial charge in [0.05, 0.1) is 5.60 Å². The van der Waals surface area contributed by atoms with E-state index in [-0.39, 0.29) is 0 Å². The van der Waals surface area contributed by atoms with Crippen LogP contribution < -0.4 is 0 Å². The molecule has 0 aromatic heterocycles. The molecule has 2 N–H and O–H groups in total. The summed E-state index contributed by atoms with van der Waals surface area (Å²) in [5, 5.41) is 18.5. The van der Waals surface area contributed by atoms with E-state index < -0.39 is 16.3 Å². The van der Waals surface area contributed by atoms with E-state index in [2.05, 4.69) is 0 Å². The zero-order valence-electron chi connectivity index (χ0n) is 8.63. The van der Waals surface area contributed by atoms with Crippen LogP contribution in [0.3, 0.4) is 0 Å². The van der Waals surface area contributed by atoms with Gasteiger partial charge < -0.3 is 10.2 Å². The Labute approximate surface area is 83.5 Å². The van der Waals surface area contributed by atoms with Crippen LogP contribution in [-0.2, 0) is 4.79 Å². The molecule has 0 heterocycles. The van der Waals surface area contributed by atoms with Crippen molar-refractivity contribution in [1.82, 2.24) is 0 Å². The molecule has 0 aliphatic heterocycles. The molecule has 0 amide bonds. The van der Waals surface area contributed by atoms with Crippen LogP contribution in [0.15, 0.2) is 0 Å². The lowest BCUT2D eigenvalue weighted by Gasteiger charge is -2.26. The van der Waals surface area contributed by atoms with E-state index in [1.165, 1.54) is 11.8 Å². The van der Waals surface area contributed by atoms with Crippen molar-refractivity contribution < 1.29 is 15.0 Å². The summed E-state index contributed by atoms with van der Waals surface area (Å²) >= 11 is 1.27. The summed E-state index contributed by atoms with van der Waals surface area (Å²) < 4.78 is -0.820. The van der Waals surface area contributed by atoms with Gasteiger partial charge in [0.2, 0.25) is 0 Å². The first-order valence-electron chi connectivity index (χ1n) is 4.31. The first-order valence-corrected chi connectivity index (χ1v) is 5.29. The molecule has 0 rings (SSSR count). The SMILES string of the molecule is CCC(C)(O)CSC(C)(C)C(=O)O. The molecule has 0 aliphatic rings. The van der Waals surface area contributed by atoms with Crippen molar-refractivity contribution in [3.05, 3.63) is 0 Å². The highest BCUT2D eigenvalue weighted by molar-refractivity contribution is 8.01. The molecule has 0 radical (unpaired) electrons. The van der Waals surface area contributed by atoms with E-state index in [1.54, 1.807) is 20.8 Å². The average molecular weight is 206 g/mol.